The summed E-state index contributed by atoms with van der Waals surface area (Å²) in [4.78, 5) is 51.3. The van der Waals surface area contributed by atoms with E-state index in [9.17, 15) is 23.6 Å². The van der Waals surface area contributed by atoms with E-state index in [-0.39, 0.29) is 29.2 Å². The van der Waals surface area contributed by atoms with Crippen molar-refractivity contribution in [2.45, 2.75) is 26.3 Å². The van der Waals surface area contributed by atoms with Crippen LogP contribution in [-0.4, -0.2) is 41.2 Å². The molecule has 0 saturated carbocycles. The van der Waals surface area contributed by atoms with Crippen LogP contribution in [0.4, 0.5) is 10.1 Å². The highest BCUT2D eigenvalue weighted by molar-refractivity contribution is 9.10. The molecule has 0 aromatic heterocycles. The first-order chi connectivity index (χ1) is 14.7. The number of nitrogens with zero attached hydrogens (tertiary/aromatic N) is 1. The lowest BCUT2D eigenvalue weighted by Gasteiger charge is -2.25. The van der Waals surface area contributed by atoms with Crippen LogP contribution in [0.2, 0.25) is 0 Å². The highest BCUT2D eigenvalue weighted by Crippen LogP contribution is 2.27. The maximum Gasteiger partial charge on any atom is 0.329 e. The molecule has 3 amide bonds. The number of rotatable bonds is 7. The van der Waals surface area contributed by atoms with E-state index in [0.717, 1.165) is 4.90 Å². The molecule has 0 bridgehead atoms. The monoisotopic (exact) mass is 490 g/mol. The minimum atomic E-state index is -1.18. The third-order valence-corrected chi connectivity index (χ3v) is 5.15. The van der Waals surface area contributed by atoms with Gasteiger partial charge in [-0.1, -0.05) is 41.9 Å². The van der Waals surface area contributed by atoms with Gasteiger partial charge in [0.2, 0.25) is 0 Å². The number of ether oxygens (including phenoxy) is 1. The summed E-state index contributed by atoms with van der Waals surface area (Å²) in [7, 11) is 0. The molecule has 1 atom stereocenters. The van der Waals surface area contributed by atoms with E-state index in [2.05, 4.69) is 21.2 Å². The van der Waals surface area contributed by atoms with Gasteiger partial charge in [0.15, 0.2) is 6.61 Å². The molecule has 3 rings (SSSR count). The number of benzene rings is 2. The topological polar surface area (TPSA) is 92.8 Å². The van der Waals surface area contributed by atoms with Gasteiger partial charge < -0.3 is 10.1 Å². The second kappa shape index (κ2) is 9.38. The molecule has 7 nitrogen and oxygen atoms in total. The Labute approximate surface area is 186 Å². The summed E-state index contributed by atoms with van der Waals surface area (Å²) >= 11 is 3.12. The molecule has 2 aromatic carbocycles. The molecule has 0 radical (unpaired) electrons. The number of carbonyl (C=O) groups is 4. The fourth-order valence-electron chi connectivity index (χ4n) is 3.25. The number of halogens is 2. The zero-order valence-electron chi connectivity index (χ0n) is 16.9. The molecule has 0 saturated heterocycles. The highest BCUT2D eigenvalue weighted by atomic mass is 79.9. The quantitative estimate of drug-likeness (QED) is 0.470. The average molecular weight is 491 g/mol. The molecule has 1 N–H and O–H groups in total. The first kappa shape index (κ1) is 22.6. The summed E-state index contributed by atoms with van der Waals surface area (Å²) in [5, 5.41) is 2.31. The van der Waals surface area contributed by atoms with Gasteiger partial charge in [-0.25, -0.2) is 9.18 Å². The molecule has 1 aliphatic rings. The van der Waals surface area contributed by atoms with Crippen LogP contribution < -0.4 is 5.32 Å². The Morgan fingerprint density at radius 1 is 1.10 bits per heavy atom. The maximum absolute atomic E-state index is 13.9. The molecule has 9 heteroatoms. The van der Waals surface area contributed by atoms with Gasteiger partial charge in [-0.2, -0.15) is 0 Å². The number of hydrogen-bond acceptors (Lipinski definition) is 5. The van der Waals surface area contributed by atoms with Crippen LogP contribution in [0.15, 0.2) is 46.9 Å². The van der Waals surface area contributed by atoms with Crippen LogP contribution in [0.5, 0.6) is 0 Å². The predicted molar refractivity (Wildman–Crippen MR) is 114 cm³/mol. The maximum atomic E-state index is 13.9. The molecular formula is C22H20BrFN2O5. The van der Waals surface area contributed by atoms with Crippen LogP contribution in [0, 0.1) is 11.7 Å². The Kier molecular flexibility index (Phi) is 6.84. The average Bonchev–Trinajstić information content (AvgIpc) is 2.97. The minimum Gasteiger partial charge on any atom is -0.454 e. The first-order valence-corrected chi connectivity index (χ1v) is 10.4. The molecule has 0 fully saturated rings. The Morgan fingerprint density at radius 2 is 1.71 bits per heavy atom. The Bertz CT molecular complexity index is 1020. The van der Waals surface area contributed by atoms with E-state index in [1.807, 2.05) is 13.8 Å². The van der Waals surface area contributed by atoms with E-state index < -0.39 is 42.2 Å². The van der Waals surface area contributed by atoms with E-state index in [1.165, 1.54) is 24.3 Å². The molecule has 162 valence electrons. The van der Waals surface area contributed by atoms with Crippen LogP contribution in [-0.2, 0) is 14.3 Å². The van der Waals surface area contributed by atoms with Crippen LogP contribution >= 0.6 is 15.9 Å². The number of hydrogen-bond donors (Lipinski definition) is 1. The number of carbonyl (C=O) groups excluding carboxylic acids is 4. The van der Waals surface area contributed by atoms with Crippen LogP contribution in [0.1, 0.15) is 41.0 Å². The fraction of sp³-hybridized carbons (Fsp3) is 0.273. The third-order valence-electron chi connectivity index (χ3n) is 4.65. The second-order valence-electron chi connectivity index (χ2n) is 7.45. The number of anilines is 1. The summed E-state index contributed by atoms with van der Waals surface area (Å²) in [6, 6.07) is 9.23. The summed E-state index contributed by atoms with van der Waals surface area (Å²) < 4.78 is 19.5. The van der Waals surface area contributed by atoms with Gasteiger partial charge in [0.25, 0.3) is 17.7 Å². The van der Waals surface area contributed by atoms with Gasteiger partial charge in [-0.15, -0.1) is 0 Å². The lowest BCUT2D eigenvalue weighted by atomic mass is 10.0. The van der Waals surface area contributed by atoms with Gasteiger partial charge in [-0.3, -0.25) is 19.3 Å². The SMILES string of the molecule is CC(C)CC(C(=O)OCC(=O)Nc1ccc(Br)cc1F)N1C(=O)c2ccccc2C1=O. The molecule has 2 aromatic rings. The summed E-state index contributed by atoms with van der Waals surface area (Å²) in [5.74, 6) is -3.48. The molecule has 31 heavy (non-hydrogen) atoms. The van der Waals surface area contributed by atoms with Gasteiger partial charge in [-0.05, 0) is 42.7 Å². The van der Waals surface area contributed by atoms with E-state index in [1.54, 1.807) is 18.2 Å². The Hall–Kier alpha value is -3.07. The van der Waals surface area contributed by atoms with Crippen LogP contribution in [0.25, 0.3) is 0 Å². The van der Waals surface area contributed by atoms with Gasteiger partial charge in [0, 0.05) is 4.47 Å². The van der Waals surface area contributed by atoms with Crippen molar-refractivity contribution in [3.8, 4) is 0 Å². The molecular weight excluding hydrogens is 471 g/mol. The van der Waals surface area contributed by atoms with Crippen molar-refractivity contribution < 1.29 is 28.3 Å². The van der Waals surface area contributed by atoms with Crippen molar-refractivity contribution in [3.63, 3.8) is 0 Å². The smallest absolute Gasteiger partial charge is 0.329 e. The second-order valence-corrected chi connectivity index (χ2v) is 8.37. The van der Waals surface area contributed by atoms with Gasteiger partial charge in [0.1, 0.15) is 11.9 Å². The minimum absolute atomic E-state index is 0.0347. The Morgan fingerprint density at radius 3 is 2.26 bits per heavy atom. The number of amides is 3. The van der Waals surface area contributed by atoms with Gasteiger partial charge in [0.05, 0.1) is 16.8 Å². The fourth-order valence-corrected chi connectivity index (χ4v) is 3.59. The molecule has 0 spiro atoms. The normalized spacial score (nSPS) is 13.9. The highest BCUT2D eigenvalue weighted by Gasteiger charge is 2.43. The zero-order chi connectivity index (χ0) is 22.7. The predicted octanol–water partition coefficient (Wildman–Crippen LogP) is 3.78. The summed E-state index contributed by atoms with van der Waals surface area (Å²) in [6.07, 6.45) is 0.174. The van der Waals surface area contributed by atoms with E-state index >= 15 is 0 Å². The summed E-state index contributed by atoms with van der Waals surface area (Å²) in [5.41, 5.74) is 0.373. The summed E-state index contributed by atoms with van der Waals surface area (Å²) in [6.45, 7) is 2.98. The molecule has 1 unspecified atom stereocenters. The van der Waals surface area contributed by atoms with Crippen molar-refractivity contribution in [2.75, 3.05) is 11.9 Å². The largest absolute Gasteiger partial charge is 0.454 e. The van der Waals surface area contributed by atoms with Crippen molar-refractivity contribution in [1.82, 2.24) is 4.90 Å². The van der Waals surface area contributed by atoms with Crippen molar-refractivity contribution >= 4 is 45.3 Å². The van der Waals surface area contributed by atoms with Gasteiger partial charge >= 0.3 is 5.97 Å². The van der Waals surface area contributed by atoms with E-state index in [0.29, 0.717) is 4.47 Å². The zero-order valence-corrected chi connectivity index (χ0v) is 18.4. The lowest BCUT2D eigenvalue weighted by Crippen LogP contribution is -2.46. The standard InChI is InChI=1S/C22H20BrFN2O5/c1-12(2)9-18(26-20(28)14-5-3-4-6-15(14)21(26)29)22(30)31-11-19(27)25-17-8-7-13(23)10-16(17)24/h3-8,10,12,18H,9,11H2,1-2H3,(H,25,27). The Balaban J connectivity index is 1.70. The molecule has 1 aliphatic heterocycles. The number of fused-ring (bicyclic) bond motifs is 1. The number of nitrogens with one attached hydrogen (secondary N) is 1. The number of esters is 1. The van der Waals surface area contributed by atoms with Crippen molar-refractivity contribution in [1.29, 1.82) is 0 Å². The molecule has 0 aliphatic carbocycles. The third kappa shape index (κ3) is 4.99. The van der Waals surface area contributed by atoms with Crippen molar-refractivity contribution in [2.24, 2.45) is 5.92 Å². The van der Waals surface area contributed by atoms with E-state index in [4.69, 9.17) is 4.74 Å². The number of imide groups is 1. The lowest BCUT2D eigenvalue weighted by molar-refractivity contribution is -0.151. The van der Waals surface area contributed by atoms with Crippen LogP contribution in [0.3, 0.4) is 0 Å². The first-order valence-electron chi connectivity index (χ1n) is 9.57. The van der Waals surface area contributed by atoms with Crippen molar-refractivity contribution in [3.05, 3.63) is 63.9 Å². The molecule has 1 heterocycles.